The van der Waals surface area contributed by atoms with Gasteiger partial charge in [-0.3, -0.25) is 14.5 Å². The Morgan fingerprint density at radius 3 is 2.71 bits per heavy atom. The molecule has 0 aromatic heterocycles. The van der Waals surface area contributed by atoms with Crippen molar-refractivity contribution in [2.75, 3.05) is 7.05 Å². The van der Waals surface area contributed by atoms with Crippen molar-refractivity contribution in [2.24, 2.45) is 11.8 Å². The lowest BCUT2D eigenvalue weighted by atomic mass is 9.66. The Bertz CT molecular complexity index is 923. The summed E-state index contributed by atoms with van der Waals surface area (Å²) in [6.45, 7) is 0. The number of amides is 2. The Balaban J connectivity index is 1.83. The van der Waals surface area contributed by atoms with Gasteiger partial charge in [0.25, 0.3) is 0 Å². The molecule has 0 saturated carbocycles. The summed E-state index contributed by atoms with van der Waals surface area (Å²) in [5.41, 5.74) is 2.87. The first kappa shape index (κ1) is 14.1. The minimum atomic E-state index is -0.378. The average molecular weight is 340 g/mol. The highest BCUT2D eigenvalue weighted by molar-refractivity contribution is 6.31. The lowest BCUT2D eigenvalue weighted by Crippen LogP contribution is -2.34. The molecule has 3 atom stereocenters. The highest BCUT2D eigenvalue weighted by Crippen LogP contribution is 2.56. The second kappa shape index (κ2) is 4.61. The first-order valence-corrected chi connectivity index (χ1v) is 8.35. The second-order valence-electron chi connectivity index (χ2n) is 6.63. The van der Waals surface area contributed by atoms with E-state index in [0.717, 1.165) is 28.2 Å². The minimum Gasteiger partial charge on any atom is -0.457 e. The topological polar surface area (TPSA) is 46.6 Å². The SMILES string of the molecule is CN1C(=O)[C@@H]2[C@@H]3c4ccccc4Oc4ccc(Cl)c(c43)C[C@@H]2C1=O. The standard InChI is InChI=1S/C19H14ClNO3/c1-21-18(22)11-8-10-12(20)6-7-14-15(10)16(17(11)19(21)23)9-4-2-3-5-13(9)24-14/h2-7,11,16-17H,8H2,1H3/t11-,16+,17-/m0/s1. The van der Waals surface area contributed by atoms with E-state index in [1.165, 1.54) is 4.90 Å². The van der Waals surface area contributed by atoms with Crippen LogP contribution in [-0.2, 0) is 16.0 Å². The molecule has 2 heterocycles. The second-order valence-corrected chi connectivity index (χ2v) is 7.03. The zero-order valence-corrected chi connectivity index (χ0v) is 13.7. The number of carbonyl (C=O) groups is 2. The summed E-state index contributed by atoms with van der Waals surface area (Å²) in [4.78, 5) is 26.6. The Morgan fingerprint density at radius 2 is 1.88 bits per heavy atom. The number of hydrogen-bond donors (Lipinski definition) is 0. The molecule has 4 nitrogen and oxygen atoms in total. The van der Waals surface area contributed by atoms with Crippen LogP contribution in [0.1, 0.15) is 22.6 Å². The lowest BCUT2D eigenvalue weighted by molar-refractivity contribution is -0.138. The summed E-state index contributed by atoms with van der Waals surface area (Å²) in [6.07, 6.45) is 0.490. The Labute approximate surface area is 144 Å². The van der Waals surface area contributed by atoms with Gasteiger partial charge in [-0.2, -0.15) is 0 Å². The van der Waals surface area contributed by atoms with Gasteiger partial charge in [0.2, 0.25) is 11.8 Å². The fourth-order valence-corrected chi connectivity index (χ4v) is 4.69. The maximum atomic E-state index is 12.8. The van der Waals surface area contributed by atoms with E-state index in [0.29, 0.717) is 11.4 Å². The van der Waals surface area contributed by atoms with Crippen LogP contribution in [0.3, 0.4) is 0 Å². The minimum absolute atomic E-state index is 0.108. The van der Waals surface area contributed by atoms with Crippen molar-refractivity contribution in [1.29, 1.82) is 0 Å². The number of fused-ring (bicyclic) bond motifs is 4. The van der Waals surface area contributed by atoms with Gasteiger partial charge in [-0.15, -0.1) is 0 Å². The van der Waals surface area contributed by atoms with Crippen LogP contribution in [0, 0.1) is 11.8 Å². The van der Waals surface area contributed by atoms with Gasteiger partial charge in [0.1, 0.15) is 11.5 Å². The third kappa shape index (κ3) is 1.59. The van der Waals surface area contributed by atoms with E-state index in [2.05, 4.69) is 0 Å². The number of rotatable bonds is 0. The summed E-state index contributed by atoms with van der Waals surface area (Å²) in [7, 11) is 1.57. The van der Waals surface area contributed by atoms with Crippen LogP contribution in [0.2, 0.25) is 5.02 Å². The van der Waals surface area contributed by atoms with Gasteiger partial charge in [-0.25, -0.2) is 0 Å². The van der Waals surface area contributed by atoms with Crippen LogP contribution >= 0.6 is 11.6 Å². The molecule has 2 amide bonds. The van der Waals surface area contributed by atoms with Crippen molar-refractivity contribution in [3.63, 3.8) is 0 Å². The third-order valence-corrected chi connectivity index (χ3v) is 5.88. The van der Waals surface area contributed by atoms with Crippen molar-refractivity contribution in [1.82, 2.24) is 4.90 Å². The zero-order valence-electron chi connectivity index (χ0n) is 13.0. The smallest absolute Gasteiger partial charge is 0.233 e. The number of benzene rings is 2. The van der Waals surface area contributed by atoms with Crippen LogP contribution in [-0.4, -0.2) is 23.8 Å². The molecule has 0 bridgehead atoms. The first-order chi connectivity index (χ1) is 11.6. The molecule has 2 aliphatic heterocycles. The number of imide groups is 1. The van der Waals surface area contributed by atoms with E-state index < -0.39 is 0 Å². The van der Waals surface area contributed by atoms with Gasteiger partial charge in [-0.05, 0) is 30.2 Å². The molecular formula is C19H14ClNO3. The highest BCUT2D eigenvalue weighted by Gasteiger charge is 2.55. The third-order valence-electron chi connectivity index (χ3n) is 5.53. The number of para-hydroxylation sites is 1. The van der Waals surface area contributed by atoms with E-state index in [-0.39, 0.29) is 29.6 Å². The molecule has 5 rings (SSSR count). The monoisotopic (exact) mass is 339 g/mol. The van der Waals surface area contributed by atoms with Crippen molar-refractivity contribution in [2.45, 2.75) is 12.3 Å². The largest absolute Gasteiger partial charge is 0.457 e. The van der Waals surface area contributed by atoms with Gasteiger partial charge < -0.3 is 4.74 Å². The molecule has 1 fully saturated rings. The fraction of sp³-hybridized carbons (Fsp3) is 0.263. The van der Waals surface area contributed by atoms with Crippen LogP contribution in [0.15, 0.2) is 36.4 Å². The normalized spacial score (nSPS) is 26.6. The molecule has 2 aromatic rings. The maximum Gasteiger partial charge on any atom is 0.233 e. The molecule has 1 saturated heterocycles. The van der Waals surface area contributed by atoms with Gasteiger partial charge in [-0.1, -0.05) is 29.8 Å². The van der Waals surface area contributed by atoms with E-state index >= 15 is 0 Å². The molecule has 24 heavy (non-hydrogen) atoms. The number of likely N-dealkylation sites (tertiary alicyclic amines) is 1. The van der Waals surface area contributed by atoms with Crippen molar-refractivity contribution < 1.29 is 14.3 Å². The van der Waals surface area contributed by atoms with Crippen LogP contribution in [0.5, 0.6) is 11.5 Å². The van der Waals surface area contributed by atoms with Gasteiger partial charge >= 0.3 is 0 Å². The number of halogens is 1. The number of carbonyl (C=O) groups excluding carboxylic acids is 2. The highest BCUT2D eigenvalue weighted by atomic mass is 35.5. The molecule has 3 aliphatic rings. The molecule has 120 valence electrons. The van der Waals surface area contributed by atoms with Gasteiger partial charge in [0.05, 0.1) is 11.8 Å². The summed E-state index contributed by atoms with van der Waals surface area (Å²) in [6, 6.07) is 11.4. The maximum absolute atomic E-state index is 12.8. The predicted octanol–water partition coefficient (Wildman–Crippen LogP) is 3.36. The Morgan fingerprint density at radius 1 is 1.08 bits per heavy atom. The summed E-state index contributed by atoms with van der Waals surface area (Å²) in [5.74, 6) is 0.365. The predicted molar refractivity (Wildman–Crippen MR) is 88.3 cm³/mol. The molecule has 0 radical (unpaired) electrons. The quantitative estimate of drug-likeness (QED) is 0.691. The zero-order chi connectivity index (χ0) is 16.6. The molecule has 2 aromatic carbocycles. The summed E-state index contributed by atoms with van der Waals surface area (Å²) in [5, 5.41) is 0.634. The summed E-state index contributed by atoms with van der Waals surface area (Å²) >= 11 is 6.43. The van der Waals surface area contributed by atoms with E-state index in [9.17, 15) is 9.59 Å². The first-order valence-electron chi connectivity index (χ1n) is 7.97. The fourth-order valence-electron chi connectivity index (χ4n) is 4.45. The van der Waals surface area contributed by atoms with E-state index in [4.69, 9.17) is 16.3 Å². The van der Waals surface area contributed by atoms with Crippen LogP contribution in [0.4, 0.5) is 0 Å². The number of ether oxygens (including phenoxy) is 1. The molecule has 0 unspecified atom stereocenters. The number of hydrogen-bond acceptors (Lipinski definition) is 3. The molecule has 5 heteroatoms. The Hall–Kier alpha value is -2.33. The van der Waals surface area contributed by atoms with Gasteiger partial charge in [0.15, 0.2) is 0 Å². The average Bonchev–Trinajstić information content (AvgIpc) is 2.82. The van der Waals surface area contributed by atoms with Crippen LogP contribution < -0.4 is 4.74 Å². The number of nitrogens with zero attached hydrogens (tertiary/aromatic N) is 1. The lowest BCUT2D eigenvalue weighted by Gasteiger charge is -2.38. The van der Waals surface area contributed by atoms with Crippen molar-refractivity contribution in [3.05, 3.63) is 58.1 Å². The van der Waals surface area contributed by atoms with E-state index in [1.807, 2.05) is 36.4 Å². The molecule has 1 aliphatic carbocycles. The van der Waals surface area contributed by atoms with Crippen molar-refractivity contribution >= 4 is 23.4 Å². The molecule has 0 spiro atoms. The van der Waals surface area contributed by atoms with Gasteiger partial charge in [0, 0.05) is 29.1 Å². The van der Waals surface area contributed by atoms with Crippen molar-refractivity contribution in [3.8, 4) is 11.5 Å². The van der Waals surface area contributed by atoms with E-state index in [1.54, 1.807) is 7.05 Å². The Kier molecular flexibility index (Phi) is 2.70. The molecule has 0 N–H and O–H groups in total. The summed E-state index contributed by atoms with van der Waals surface area (Å²) < 4.78 is 6.05. The van der Waals surface area contributed by atoms with Crippen LogP contribution in [0.25, 0.3) is 0 Å². The molecular weight excluding hydrogens is 326 g/mol.